The third kappa shape index (κ3) is 5.49. The lowest BCUT2D eigenvalue weighted by Gasteiger charge is -2.28. The molecule has 2 aliphatic rings. The Balaban J connectivity index is 1.78. The molecule has 2 amide bonds. The first kappa shape index (κ1) is 25.8. The average molecular weight is 497 g/mol. The predicted octanol–water partition coefficient (Wildman–Crippen LogP) is 3.33. The van der Waals surface area contributed by atoms with Crippen molar-refractivity contribution in [2.75, 3.05) is 25.9 Å². The van der Waals surface area contributed by atoms with Gasteiger partial charge in [-0.3, -0.25) is 14.5 Å². The number of carbonyl (C=O) groups excluding carboxylic acids is 2. The van der Waals surface area contributed by atoms with E-state index in [2.05, 4.69) is 23.7 Å². The number of hydrogen-bond donors (Lipinski definition) is 0. The molecule has 0 saturated carbocycles. The summed E-state index contributed by atoms with van der Waals surface area (Å²) in [4.78, 5) is 35.0. The first-order valence-electron chi connectivity index (χ1n) is 11.8. The zero-order valence-corrected chi connectivity index (χ0v) is 21.9. The second kappa shape index (κ2) is 10.7. The van der Waals surface area contributed by atoms with Crippen LogP contribution in [-0.2, 0) is 21.4 Å². The van der Waals surface area contributed by atoms with E-state index in [0.29, 0.717) is 11.4 Å². The van der Waals surface area contributed by atoms with Crippen LogP contribution in [0.1, 0.15) is 68.9 Å². The highest BCUT2D eigenvalue weighted by molar-refractivity contribution is 7.89. The number of aromatic nitrogens is 1. The van der Waals surface area contributed by atoms with Gasteiger partial charge in [-0.1, -0.05) is 40.5 Å². The SMILES string of the molecule is CCCCN(CCCC)Cc1nc(C(=O)N2CC=C3[C@@H]2[C@H](C(C)C)C(=O)N3S(C)(=O)=O)cs1. The van der Waals surface area contributed by atoms with E-state index in [1.54, 1.807) is 16.4 Å². The lowest BCUT2D eigenvalue weighted by molar-refractivity contribution is -0.128. The second-order valence-electron chi connectivity index (χ2n) is 9.28. The van der Waals surface area contributed by atoms with Crippen molar-refractivity contribution >= 4 is 33.2 Å². The molecule has 1 fully saturated rings. The van der Waals surface area contributed by atoms with Crippen LogP contribution in [0.2, 0.25) is 0 Å². The topological polar surface area (TPSA) is 90.9 Å². The quantitative estimate of drug-likeness (QED) is 0.467. The van der Waals surface area contributed by atoms with Gasteiger partial charge in [-0.2, -0.15) is 0 Å². The van der Waals surface area contributed by atoms with Crippen molar-refractivity contribution in [2.24, 2.45) is 11.8 Å². The molecule has 2 aliphatic heterocycles. The van der Waals surface area contributed by atoms with E-state index >= 15 is 0 Å². The molecule has 10 heteroatoms. The van der Waals surface area contributed by atoms with Gasteiger partial charge in [-0.05, 0) is 37.9 Å². The Hall–Kier alpha value is -1.78. The first-order valence-corrected chi connectivity index (χ1v) is 14.5. The van der Waals surface area contributed by atoms with Crippen molar-refractivity contribution in [3.63, 3.8) is 0 Å². The fourth-order valence-electron chi connectivity index (χ4n) is 4.63. The van der Waals surface area contributed by atoms with Gasteiger partial charge in [0.1, 0.15) is 10.7 Å². The number of hydrogen-bond acceptors (Lipinski definition) is 7. The van der Waals surface area contributed by atoms with E-state index in [-0.39, 0.29) is 18.4 Å². The largest absolute Gasteiger partial charge is 0.324 e. The Morgan fingerprint density at radius 1 is 1.24 bits per heavy atom. The lowest BCUT2D eigenvalue weighted by Crippen LogP contribution is -2.43. The Kier molecular flexibility index (Phi) is 8.34. The summed E-state index contributed by atoms with van der Waals surface area (Å²) in [6.45, 7) is 11.2. The van der Waals surface area contributed by atoms with Gasteiger partial charge in [0.15, 0.2) is 0 Å². The third-order valence-corrected chi connectivity index (χ3v) is 8.18. The molecule has 1 aromatic heterocycles. The molecule has 3 rings (SSSR count). The number of unbranched alkanes of at least 4 members (excludes halogenated alkanes) is 2. The van der Waals surface area contributed by atoms with Crippen LogP contribution >= 0.6 is 11.3 Å². The minimum Gasteiger partial charge on any atom is -0.324 e. The van der Waals surface area contributed by atoms with Crippen molar-refractivity contribution < 1.29 is 18.0 Å². The van der Waals surface area contributed by atoms with Crippen LogP contribution in [0.3, 0.4) is 0 Å². The Morgan fingerprint density at radius 3 is 2.42 bits per heavy atom. The first-order chi connectivity index (χ1) is 15.6. The monoisotopic (exact) mass is 496 g/mol. The smallest absolute Gasteiger partial charge is 0.274 e. The van der Waals surface area contributed by atoms with Crippen LogP contribution in [0.5, 0.6) is 0 Å². The number of rotatable bonds is 11. The molecule has 0 bridgehead atoms. The summed E-state index contributed by atoms with van der Waals surface area (Å²) in [6, 6.07) is -0.574. The zero-order chi connectivity index (χ0) is 24.3. The molecule has 1 saturated heterocycles. The summed E-state index contributed by atoms with van der Waals surface area (Å²) >= 11 is 1.48. The number of carbonyl (C=O) groups is 2. The minimum atomic E-state index is -3.75. The summed E-state index contributed by atoms with van der Waals surface area (Å²) < 4.78 is 25.5. The van der Waals surface area contributed by atoms with E-state index in [9.17, 15) is 18.0 Å². The van der Waals surface area contributed by atoms with Gasteiger partial charge in [0, 0.05) is 11.9 Å². The van der Waals surface area contributed by atoms with E-state index in [1.165, 1.54) is 11.3 Å². The molecule has 2 atom stereocenters. The van der Waals surface area contributed by atoms with Crippen LogP contribution in [0.4, 0.5) is 0 Å². The molecule has 184 valence electrons. The Labute approximate surface area is 201 Å². The minimum absolute atomic E-state index is 0.109. The summed E-state index contributed by atoms with van der Waals surface area (Å²) in [7, 11) is -3.75. The van der Waals surface area contributed by atoms with Gasteiger partial charge in [0.25, 0.3) is 5.91 Å². The summed E-state index contributed by atoms with van der Waals surface area (Å²) in [5, 5.41) is 2.68. The lowest BCUT2D eigenvalue weighted by atomic mass is 9.89. The number of sulfonamides is 1. The number of amides is 2. The van der Waals surface area contributed by atoms with Crippen molar-refractivity contribution in [1.29, 1.82) is 0 Å². The average Bonchev–Trinajstić information content (AvgIpc) is 3.42. The van der Waals surface area contributed by atoms with Crippen LogP contribution < -0.4 is 0 Å². The van der Waals surface area contributed by atoms with Gasteiger partial charge >= 0.3 is 0 Å². The maximum absolute atomic E-state index is 13.4. The summed E-state index contributed by atoms with van der Waals surface area (Å²) in [5.41, 5.74) is 0.763. The zero-order valence-electron chi connectivity index (χ0n) is 20.3. The molecule has 0 spiro atoms. The standard InChI is InChI=1S/C23H36N4O4S2/c1-6-8-11-25(12-9-7-2)14-19-24-17(15-32-19)22(28)26-13-10-18-21(26)20(16(3)4)23(29)27(18)33(5,30)31/h10,15-16,20-21H,6-9,11-14H2,1-5H3/t20-,21+/m0/s1. The van der Waals surface area contributed by atoms with Crippen LogP contribution in [0.15, 0.2) is 17.2 Å². The highest BCUT2D eigenvalue weighted by Gasteiger charge is 2.54. The Morgan fingerprint density at radius 2 is 1.88 bits per heavy atom. The summed E-state index contributed by atoms with van der Waals surface area (Å²) in [5.74, 6) is -1.41. The molecular formula is C23H36N4O4S2. The van der Waals surface area contributed by atoms with E-state index in [4.69, 9.17) is 0 Å². The molecule has 0 aliphatic carbocycles. The van der Waals surface area contributed by atoms with Crippen LogP contribution in [0, 0.1) is 11.8 Å². The van der Waals surface area contributed by atoms with Gasteiger partial charge in [-0.15, -0.1) is 11.3 Å². The number of nitrogens with zero attached hydrogens (tertiary/aromatic N) is 4. The molecule has 8 nitrogen and oxygen atoms in total. The molecule has 0 N–H and O–H groups in total. The van der Waals surface area contributed by atoms with Gasteiger partial charge in [0.2, 0.25) is 15.9 Å². The fraction of sp³-hybridized carbons (Fsp3) is 0.696. The Bertz CT molecular complexity index is 994. The molecule has 0 radical (unpaired) electrons. The van der Waals surface area contributed by atoms with Crippen molar-refractivity contribution in [2.45, 2.75) is 66.0 Å². The van der Waals surface area contributed by atoms with Gasteiger partial charge in [0.05, 0.1) is 30.5 Å². The van der Waals surface area contributed by atoms with Crippen molar-refractivity contribution in [3.8, 4) is 0 Å². The van der Waals surface area contributed by atoms with Gasteiger partial charge in [-0.25, -0.2) is 17.7 Å². The van der Waals surface area contributed by atoms with E-state index in [1.807, 2.05) is 13.8 Å². The van der Waals surface area contributed by atoms with E-state index < -0.39 is 27.9 Å². The number of thiazole rings is 1. The molecule has 3 heterocycles. The molecular weight excluding hydrogens is 460 g/mol. The molecule has 0 aromatic carbocycles. The van der Waals surface area contributed by atoms with Gasteiger partial charge < -0.3 is 4.90 Å². The third-order valence-electron chi connectivity index (χ3n) is 6.29. The van der Waals surface area contributed by atoms with E-state index in [0.717, 1.165) is 60.9 Å². The predicted molar refractivity (Wildman–Crippen MR) is 130 cm³/mol. The fourth-order valence-corrected chi connectivity index (χ4v) is 6.46. The molecule has 0 unspecified atom stereocenters. The molecule has 33 heavy (non-hydrogen) atoms. The van der Waals surface area contributed by atoms with Crippen molar-refractivity contribution in [1.82, 2.24) is 19.1 Å². The summed E-state index contributed by atoms with van der Waals surface area (Å²) in [6.07, 6.45) is 7.25. The van der Waals surface area contributed by atoms with Crippen LogP contribution in [0.25, 0.3) is 0 Å². The highest BCUT2D eigenvalue weighted by atomic mass is 32.2. The maximum atomic E-state index is 13.4. The highest BCUT2D eigenvalue weighted by Crippen LogP contribution is 2.41. The van der Waals surface area contributed by atoms with Crippen LogP contribution in [-0.4, -0.2) is 71.3 Å². The van der Waals surface area contributed by atoms with Crippen molar-refractivity contribution in [3.05, 3.63) is 27.9 Å². The number of fused-ring (bicyclic) bond motifs is 1. The second-order valence-corrected chi connectivity index (χ2v) is 12.1. The molecule has 1 aromatic rings. The maximum Gasteiger partial charge on any atom is 0.274 e. The normalized spacial score (nSPS) is 20.8.